The second-order valence-corrected chi connectivity index (χ2v) is 7.81. The molecular weight excluding hydrogens is 548 g/mol. The highest BCUT2D eigenvalue weighted by molar-refractivity contribution is 9.11. The molecule has 1 amide bonds. The summed E-state index contributed by atoms with van der Waals surface area (Å²) in [7, 11) is 1.28. The number of anilines is 1. The molecule has 0 bridgehead atoms. The summed E-state index contributed by atoms with van der Waals surface area (Å²) in [5, 5.41) is 12.0. The third kappa shape index (κ3) is 6.93. The fourth-order valence-electron chi connectivity index (χ4n) is 2.46. The van der Waals surface area contributed by atoms with Gasteiger partial charge in [0.25, 0.3) is 5.91 Å². The van der Waals surface area contributed by atoms with Gasteiger partial charge < -0.3 is 19.5 Å². The van der Waals surface area contributed by atoms with Crippen LogP contribution >= 0.6 is 31.9 Å². The Hall–Kier alpha value is -3.16. The van der Waals surface area contributed by atoms with Crippen molar-refractivity contribution in [2.45, 2.75) is 6.92 Å². The number of ether oxygens (including phenoxy) is 3. The van der Waals surface area contributed by atoms with Crippen molar-refractivity contribution in [2.24, 2.45) is 0 Å². The first-order chi connectivity index (χ1) is 15.3. The average molecular weight is 566 g/mol. The number of nitrogens with zero attached hydrogens (tertiary/aromatic N) is 1. The third-order valence-electron chi connectivity index (χ3n) is 3.90. The van der Waals surface area contributed by atoms with Crippen LogP contribution in [0.3, 0.4) is 0 Å². The van der Waals surface area contributed by atoms with E-state index in [0.717, 1.165) is 0 Å². The zero-order chi connectivity index (χ0) is 23.7. The van der Waals surface area contributed by atoms with Gasteiger partial charge in [-0.25, -0.2) is 9.59 Å². The molecule has 0 spiro atoms. The van der Waals surface area contributed by atoms with Gasteiger partial charge in [0.15, 0.2) is 6.61 Å². The Bertz CT molecular complexity index is 1070. The zero-order valence-corrected chi connectivity index (χ0v) is 20.3. The molecule has 0 saturated carbocycles. The predicted molar refractivity (Wildman–Crippen MR) is 124 cm³/mol. The molecule has 0 atom stereocenters. The van der Waals surface area contributed by atoms with Crippen LogP contribution in [0.1, 0.15) is 22.8 Å². The van der Waals surface area contributed by atoms with Gasteiger partial charge >= 0.3 is 11.9 Å². The summed E-state index contributed by atoms with van der Waals surface area (Å²) in [4.78, 5) is 35.5. The summed E-state index contributed by atoms with van der Waals surface area (Å²) in [5.41, 5.74) is 1.15. The molecule has 32 heavy (non-hydrogen) atoms. The Morgan fingerprint density at radius 3 is 2.28 bits per heavy atom. The number of benzene rings is 2. The predicted octanol–water partition coefficient (Wildman–Crippen LogP) is 4.49. The van der Waals surface area contributed by atoms with Crippen LogP contribution in [0.5, 0.6) is 5.75 Å². The maximum Gasteiger partial charge on any atom is 0.344 e. The highest BCUT2D eigenvalue weighted by Crippen LogP contribution is 2.35. The van der Waals surface area contributed by atoms with E-state index < -0.39 is 17.8 Å². The Morgan fingerprint density at radius 2 is 1.75 bits per heavy atom. The molecule has 0 aliphatic carbocycles. The SMILES string of the molecule is CCOC(=O)COc1c(Br)cc(/C=C(\C#N)C(=O)Nc2ccc(C(=O)OC)cc2)cc1Br. The van der Waals surface area contributed by atoms with Gasteiger partial charge in [-0.15, -0.1) is 0 Å². The van der Waals surface area contributed by atoms with Crippen molar-refractivity contribution in [3.8, 4) is 11.8 Å². The maximum atomic E-state index is 12.5. The minimum atomic E-state index is -0.617. The number of amides is 1. The monoisotopic (exact) mass is 564 g/mol. The highest BCUT2D eigenvalue weighted by atomic mass is 79.9. The minimum absolute atomic E-state index is 0.138. The highest BCUT2D eigenvalue weighted by Gasteiger charge is 2.14. The Kier molecular flexibility index (Phi) is 9.43. The molecule has 0 aliphatic heterocycles. The van der Waals surface area contributed by atoms with Crippen LogP contribution < -0.4 is 10.1 Å². The van der Waals surface area contributed by atoms with Gasteiger partial charge in [0, 0.05) is 5.69 Å². The number of nitrogens with one attached hydrogen (secondary N) is 1. The molecule has 2 rings (SSSR count). The lowest BCUT2D eigenvalue weighted by molar-refractivity contribution is -0.145. The lowest BCUT2D eigenvalue weighted by Gasteiger charge is -2.11. The van der Waals surface area contributed by atoms with E-state index in [4.69, 9.17) is 9.47 Å². The van der Waals surface area contributed by atoms with Gasteiger partial charge in [0.1, 0.15) is 17.4 Å². The largest absolute Gasteiger partial charge is 0.480 e. The summed E-state index contributed by atoms with van der Waals surface area (Å²) in [6, 6.07) is 11.2. The molecule has 0 unspecified atom stereocenters. The lowest BCUT2D eigenvalue weighted by atomic mass is 10.1. The lowest BCUT2D eigenvalue weighted by Crippen LogP contribution is -2.15. The first kappa shape index (κ1) is 25.1. The van der Waals surface area contributed by atoms with Crippen LogP contribution in [0.15, 0.2) is 50.9 Å². The molecule has 0 saturated heterocycles. The summed E-state index contributed by atoms with van der Waals surface area (Å²) < 4.78 is 15.9. The second kappa shape index (κ2) is 12.0. The fourth-order valence-corrected chi connectivity index (χ4v) is 3.91. The molecular formula is C22H18Br2N2O6. The first-order valence-electron chi connectivity index (χ1n) is 9.18. The number of methoxy groups -OCH3 is 1. The minimum Gasteiger partial charge on any atom is -0.480 e. The van der Waals surface area contributed by atoms with Crippen LogP contribution in [-0.4, -0.2) is 38.2 Å². The van der Waals surface area contributed by atoms with Crippen molar-refractivity contribution in [2.75, 3.05) is 25.6 Å². The number of halogens is 2. The smallest absolute Gasteiger partial charge is 0.344 e. The molecule has 10 heteroatoms. The second-order valence-electron chi connectivity index (χ2n) is 6.10. The molecule has 2 aromatic rings. The van der Waals surface area contributed by atoms with Gasteiger partial charge in [-0.05, 0) is 86.8 Å². The maximum absolute atomic E-state index is 12.5. The number of carbonyl (C=O) groups excluding carboxylic acids is 3. The van der Waals surface area contributed by atoms with Gasteiger partial charge in [-0.3, -0.25) is 4.79 Å². The molecule has 1 N–H and O–H groups in total. The summed E-state index contributed by atoms with van der Waals surface area (Å²) in [6.07, 6.45) is 1.41. The topological polar surface area (TPSA) is 115 Å². The van der Waals surface area contributed by atoms with Crippen LogP contribution in [0, 0.1) is 11.3 Å². The molecule has 0 heterocycles. The van der Waals surface area contributed by atoms with Crippen LogP contribution in [0.2, 0.25) is 0 Å². The number of hydrogen-bond acceptors (Lipinski definition) is 7. The number of nitriles is 1. The number of carbonyl (C=O) groups is 3. The normalized spacial score (nSPS) is 10.7. The molecule has 0 fully saturated rings. The van der Waals surface area contributed by atoms with Crippen molar-refractivity contribution >= 4 is 61.5 Å². The summed E-state index contributed by atoms with van der Waals surface area (Å²) >= 11 is 6.71. The van der Waals surface area contributed by atoms with Crippen molar-refractivity contribution in [3.63, 3.8) is 0 Å². The molecule has 0 aliphatic rings. The van der Waals surface area contributed by atoms with E-state index in [0.29, 0.717) is 31.5 Å². The van der Waals surface area contributed by atoms with Crippen LogP contribution in [0.25, 0.3) is 6.08 Å². The van der Waals surface area contributed by atoms with Gasteiger partial charge in [-0.1, -0.05) is 0 Å². The third-order valence-corrected chi connectivity index (χ3v) is 5.08. The molecule has 0 radical (unpaired) electrons. The van der Waals surface area contributed by atoms with E-state index >= 15 is 0 Å². The molecule has 0 aromatic heterocycles. The number of esters is 2. The van der Waals surface area contributed by atoms with Crippen molar-refractivity contribution in [3.05, 3.63) is 62.0 Å². The first-order valence-corrected chi connectivity index (χ1v) is 10.8. The molecule has 166 valence electrons. The van der Waals surface area contributed by atoms with E-state index in [2.05, 4.69) is 41.9 Å². The summed E-state index contributed by atoms with van der Waals surface area (Å²) in [5.74, 6) is -1.23. The quantitative estimate of drug-likeness (QED) is 0.285. The van der Waals surface area contributed by atoms with Crippen molar-refractivity contribution in [1.29, 1.82) is 5.26 Å². The van der Waals surface area contributed by atoms with Crippen molar-refractivity contribution < 1.29 is 28.6 Å². The van der Waals surface area contributed by atoms with Crippen molar-refractivity contribution in [1.82, 2.24) is 0 Å². The average Bonchev–Trinajstić information content (AvgIpc) is 2.77. The van der Waals surface area contributed by atoms with E-state index in [-0.39, 0.29) is 18.8 Å². The van der Waals surface area contributed by atoms with Gasteiger partial charge in [0.05, 0.1) is 28.2 Å². The Labute approximate surface area is 201 Å². The number of hydrogen-bond donors (Lipinski definition) is 1. The molecule has 2 aromatic carbocycles. The van der Waals surface area contributed by atoms with E-state index in [1.54, 1.807) is 19.1 Å². The molecule has 8 nitrogen and oxygen atoms in total. The van der Waals surface area contributed by atoms with E-state index in [1.165, 1.54) is 37.5 Å². The number of rotatable bonds is 8. The Morgan fingerprint density at radius 1 is 1.12 bits per heavy atom. The van der Waals surface area contributed by atoms with Crippen LogP contribution in [-0.2, 0) is 19.1 Å². The fraction of sp³-hybridized carbons (Fsp3) is 0.182. The zero-order valence-electron chi connectivity index (χ0n) is 17.1. The van der Waals surface area contributed by atoms with E-state index in [1.807, 2.05) is 6.07 Å². The van der Waals surface area contributed by atoms with E-state index in [9.17, 15) is 19.6 Å². The Balaban J connectivity index is 2.16. The summed E-state index contributed by atoms with van der Waals surface area (Å²) in [6.45, 7) is 1.69. The van der Waals surface area contributed by atoms with Gasteiger partial charge in [-0.2, -0.15) is 5.26 Å². The standard InChI is InChI=1S/C22H18Br2N2O6/c1-3-31-19(27)12-32-20-17(23)9-13(10-18(20)24)8-15(11-25)21(28)26-16-6-4-14(5-7-16)22(29)30-2/h4-10H,3,12H2,1-2H3,(H,26,28)/b15-8+. The van der Waals surface area contributed by atoms with Gasteiger partial charge in [0.2, 0.25) is 0 Å². The van der Waals surface area contributed by atoms with Crippen LogP contribution in [0.4, 0.5) is 5.69 Å².